The van der Waals surface area contributed by atoms with Gasteiger partial charge in [0, 0.05) is 17.1 Å². The van der Waals surface area contributed by atoms with Gasteiger partial charge in [-0.3, -0.25) is 0 Å². The number of rotatable bonds is 0. The third-order valence-electron chi connectivity index (χ3n) is 2.16. The first kappa shape index (κ1) is 8.63. The molecule has 0 aliphatic heterocycles. The van der Waals surface area contributed by atoms with Gasteiger partial charge in [-0.15, -0.1) is 11.3 Å². The van der Waals surface area contributed by atoms with E-state index in [9.17, 15) is 0 Å². The number of hydrogen-bond donors (Lipinski definition) is 1. The molecule has 70 valence electrons. The zero-order valence-electron chi connectivity index (χ0n) is 8.16. The zero-order valence-corrected chi connectivity index (χ0v) is 8.98. The molecule has 0 aromatic carbocycles. The summed E-state index contributed by atoms with van der Waals surface area (Å²) in [5, 5.41) is 2.01. The Balaban J connectivity index is 2.76. The quantitative estimate of drug-likeness (QED) is 0.686. The van der Waals surface area contributed by atoms with Gasteiger partial charge in [-0.1, -0.05) is 0 Å². The number of nitrogens with two attached hydrogens (primary N) is 1. The molecule has 0 fully saturated rings. The summed E-state index contributed by atoms with van der Waals surface area (Å²) in [4.78, 5) is 0. The molecule has 2 aromatic heterocycles. The Kier molecular flexibility index (Phi) is 1.67. The number of aromatic nitrogens is 1. The fourth-order valence-corrected chi connectivity index (χ4v) is 2.37. The van der Waals surface area contributed by atoms with Crippen LogP contribution in [0.1, 0.15) is 20.8 Å². The van der Waals surface area contributed by atoms with E-state index in [1.165, 1.54) is 10.2 Å². The molecule has 0 radical (unpaired) electrons. The molecule has 0 amide bonds. The minimum absolute atomic E-state index is 0.108. The highest BCUT2D eigenvalue weighted by Crippen LogP contribution is 2.32. The molecule has 2 N–H and O–H groups in total. The zero-order chi connectivity index (χ0) is 9.64. The van der Waals surface area contributed by atoms with E-state index in [1.54, 1.807) is 11.3 Å². The molecule has 3 heteroatoms. The van der Waals surface area contributed by atoms with E-state index in [0.717, 1.165) is 5.69 Å². The summed E-state index contributed by atoms with van der Waals surface area (Å²) >= 11 is 1.71. The lowest BCUT2D eigenvalue weighted by Gasteiger charge is -2.22. The molecule has 0 aliphatic carbocycles. The minimum atomic E-state index is 0.108. The van der Waals surface area contributed by atoms with Crippen LogP contribution < -0.4 is 5.73 Å². The predicted molar refractivity (Wildman–Crippen MR) is 59.2 cm³/mol. The molecule has 2 heterocycles. The van der Waals surface area contributed by atoms with Gasteiger partial charge in [-0.2, -0.15) is 0 Å². The number of anilines is 1. The van der Waals surface area contributed by atoms with Crippen LogP contribution in [0.5, 0.6) is 0 Å². The minimum Gasteiger partial charge on any atom is -0.396 e. The van der Waals surface area contributed by atoms with Gasteiger partial charge < -0.3 is 10.3 Å². The highest BCUT2D eigenvalue weighted by Gasteiger charge is 2.17. The Morgan fingerprint density at radius 2 is 2.08 bits per heavy atom. The fourth-order valence-electron chi connectivity index (χ4n) is 1.53. The number of nitrogens with zero attached hydrogens (tertiary/aromatic N) is 1. The van der Waals surface area contributed by atoms with Crippen molar-refractivity contribution in [3.63, 3.8) is 0 Å². The third kappa shape index (κ3) is 1.23. The normalized spacial score (nSPS) is 12.5. The van der Waals surface area contributed by atoms with E-state index in [0.29, 0.717) is 0 Å². The summed E-state index contributed by atoms with van der Waals surface area (Å²) in [6, 6.07) is 2.13. The monoisotopic (exact) mass is 194 g/mol. The summed E-state index contributed by atoms with van der Waals surface area (Å²) in [7, 11) is 0. The Labute approximate surface area is 82.0 Å². The van der Waals surface area contributed by atoms with Crippen molar-refractivity contribution >= 4 is 27.2 Å². The van der Waals surface area contributed by atoms with Crippen LogP contribution in [0.2, 0.25) is 0 Å². The molecule has 0 saturated heterocycles. The molecular weight excluding hydrogens is 180 g/mol. The lowest BCUT2D eigenvalue weighted by atomic mass is 10.1. The lowest BCUT2D eigenvalue weighted by molar-refractivity contribution is 0.411. The largest absolute Gasteiger partial charge is 0.396 e. The molecule has 0 aliphatic rings. The molecule has 2 aromatic rings. The maximum atomic E-state index is 5.91. The van der Waals surface area contributed by atoms with Crippen LogP contribution in [0.25, 0.3) is 10.2 Å². The van der Waals surface area contributed by atoms with Crippen LogP contribution in [0.15, 0.2) is 17.6 Å². The average Bonchev–Trinajstić information content (AvgIpc) is 2.51. The van der Waals surface area contributed by atoms with E-state index in [4.69, 9.17) is 5.73 Å². The fraction of sp³-hybridized carbons (Fsp3) is 0.400. The summed E-state index contributed by atoms with van der Waals surface area (Å²) in [5.41, 5.74) is 8.08. The van der Waals surface area contributed by atoms with Gasteiger partial charge in [-0.05, 0) is 26.8 Å². The summed E-state index contributed by atoms with van der Waals surface area (Å²) in [5.74, 6) is 0. The molecule has 13 heavy (non-hydrogen) atoms. The molecule has 2 rings (SSSR count). The first-order valence-electron chi connectivity index (χ1n) is 4.34. The van der Waals surface area contributed by atoms with Crippen molar-refractivity contribution in [1.29, 1.82) is 0 Å². The molecule has 0 saturated carbocycles. The van der Waals surface area contributed by atoms with Gasteiger partial charge >= 0.3 is 0 Å². The van der Waals surface area contributed by atoms with E-state index < -0.39 is 0 Å². The van der Waals surface area contributed by atoms with Crippen LogP contribution >= 0.6 is 11.3 Å². The first-order valence-corrected chi connectivity index (χ1v) is 5.22. The molecule has 0 unspecified atom stereocenters. The number of nitrogen functional groups attached to an aromatic ring is 1. The van der Waals surface area contributed by atoms with E-state index in [-0.39, 0.29) is 5.54 Å². The third-order valence-corrected chi connectivity index (χ3v) is 3.11. The second-order valence-corrected chi connectivity index (χ2v) is 5.17. The van der Waals surface area contributed by atoms with Crippen LogP contribution in [0, 0.1) is 0 Å². The van der Waals surface area contributed by atoms with Crippen LogP contribution in [0.4, 0.5) is 5.69 Å². The molecule has 0 spiro atoms. The van der Waals surface area contributed by atoms with Crippen molar-refractivity contribution in [3.8, 4) is 0 Å². The summed E-state index contributed by atoms with van der Waals surface area (Å²) in [6.07, 6.45) is 2.11. The van der Waals surface area contributed by atoms with Crippen molar-refractivity contribution in [2.75, 3.05) is 5.73 Å². The topological polar surface area (TPSA) is 30.9 Å². The number of hydrogen-bond acceptors (Lipinski definition) is 2. The van der Waals surface area contributed by atoms with Crippen LogP contribution in [0.3, 0.4) is 0 Å². The average molecular weight is 194 g/mol. The Bertz CT molecular complexity index is 431. The maximum absolute atomic E-state index is 5.91. The maximum Gasteiger partial charge on any atom is 0.0828 e. The smallest absolute Gasteiger partial charge is 0.0828 e. The van der Waals surface area contributed by atoms with Crippen molar-refractivity contribution in [2.45, 2.75) is 26.3 Å². The standard InChI is InChI=1S/C10H14N2S/c1-10(2,3)12-5-4-8-9(12)7(11)6-13-8/h4-6H,11H2,1-3H3. The van der Waals surface area contributed by atoms with Crippen molar-refractivity contribution < 1.29 is 0 Å². The molecule has 2 nitrogen and oxygen atoms in total. The number of thiophene rings is 1. The number of fused-ring (bicyclic) bond motifs is 1. The van der Waals surface area contributed by atoms with E-state index >= 15 is 0 Å². The lowest BCUT2D eigenvalue weighted by Crippen LogP contribution is -2.20. The van der Waals surface area contributed by atoms with Gasteiger partial charge in [0.25, 0.3) is 0 Å². The predicted octanol–water partition coefficient (Wildman–Crippen LogP) is 3.04. The Morgan fingerprint density at radius 3 is 2.69 bits per heavy atom. The van der Waals surface area contributed by atoms with Gasteiger partial charge in [0.1, 0.15) is 0 Å². The van der Waals surface area contributed by atoms with Gasteiger partial charge in [-0.25, -0.2) is 0 Å². The highest BCUT2D eigenvalue weighted by molar-refractivity contribution is 7.17. The van der Waals surface area contributed by atoms with Gasteiger partial charge in [0.15, 0.2) is 0 Å². The molecular formula is C10H14N2S. The molecule has 0 bridgehead atoms. The van der Waals surface area contributed by atoms with Crippen molar-refractivity contribution in [1.82, 2.24) is 4.57 Å². The van der Waals surface area contributed by atoms with Crippen molar-refractivity contribution in [3.05, 3.63) is 17.6 Å². The van der Waals surface area contributed by atoms with Gasteiger partial charge in [0.05, 0.1) is 15.9 Å². The van der Waals surface area contributed by atoms with E-state index in [1.807, 2.05) is 5.38 Å². The SMILES string of the molecule is CC(C)(C)n1ccc2scc(N)c21. The summed E-state index contributed by atoms with van der Waals surface area (Å²) < 4.78 is 3.50. The molecule has 0 atom stereocenters. The summed E-state index contributed by atoms with van der Waals surface area (Å²) in [6.45, 7) is 6.55. The second kappa shape index (κ2) is 2.51. The van der Waals surface area contributed by atoms with Crippen LogP contribution in [-0.2, 0) is 5.54 Å². The highest BCUT2D eigenvalue weighted by atomic mass is 32.1. The first-order chi connectivity index (χ1) is 6.00. The second-order valence-electron chi connectivity index (χ2n) is 4.26. The van der Waals surface area contributed by atoms with Gasteiger partial charge in [0.2, 0.25) is 0 Å². The van der Waals surface area contributed by atoms with Crippen LogP contribution in [-0.4, -0.2) is 4.57 Å². The van der Waals surface area contributed by atoms with E-state index in [2.05, 4.69) is 37.6 Å². The van der Waals surface area contributed by atoms with Crippen molar-refractivity contribution in [2.24, 2.45) is 0 Å². The Hall–Kier alpha value is -0.960. The Morgan fingerprint density at radius 1 is 1.38 bits per heavy atom.